The quantitative estimate of drug-likeness (QED) is 0.559. The predicted octanol–water partition coefficient (Wildman–Crippen LogP) is 3.48. The molecule has 162 valence electrons. The molecule has 0 unspecified atom stereocenters. The average molecular weight is 422 g/mol. The van der Waals surface area contributed by atoms with Crippen molar-refractivity contribution in [3.05, 3.63) is 42.5 Å². The number of anilines is 2. The average Bonchev–Trinajstić information content (AvgIpc) is 3.26. The minimum atomic E-state index is -0.177. The van der Waals surface area contributed by atoms with Crippen LogP contribution in [0.25, 0.3) is 22.5 Å². The highest BCUT2D eigenvalue weighted by molar-refractivity contribution is 5.91. The van der Waals surface area contributed by atoms with Crippen molar-refractivity contribution in [2.75, 3.05) is 43.0 Å². The van der Waals surface area contributed by atoms with Gasteiger partial charge in [-0.25, -0.2) is 0 Å². The molecule has 2 aromatic carbocycles. The number of hydrogen-bond donors (Lipinski definition) is 3. The zero-order chi connectivity index (χ0) is 21.8. The van der Waals surface area contributed by atoms with Gasteiger partial charge in [-0.1, -0.05) is 23.4 Å². The molecule has 3 aromatic rings. The summed E-state index contributed by atoms with van der Waals surface area (Å²) in [4.78, 5) is 13.6. The first-order chi connectivity index (χ1) is 15.1. The van der Waals surface area contributed by atoms with Crippen LogP contribution in [0.15, 0.2) is 47.0 Å². The number of para-hydroxylation sites is 1. The van der Waals surface area contributed by atoms with E-state index >= 15 is 0 Å². The zero-order valence-electron chi connectivity index (χ0n) is 17.6. The summed E-state index contributed by atoms with van der Waals surface area (Å²) in [6, 6.07) is 12.8. The number of carbonyl (C=O) groups excluding carboxylic acids is 1. The number of rotatable bonds is 6. The van der Waals surface area contributed by atoms with E-state index in [1.807, 2.05) is 31.2 Å². The molecule has 0 saturated carbocycles. The van der Waals surface area contributed by atoms with Gasteiger partial charge in [-0.15, -0.1) is 0 Å². The monoisotopic (exact) mass is 422 g/mol. The van der Waals surface area contributed by atoms with Gasteiger partial charge in [-0.3, -0.25) is 4.79 Å². The molecule has 31 heavy (non-hydrogen) atoms. The van der Waals surface area contributed by atoms with Crippen molar-refractivity contribution in [1.82, 2.24) is 10.5 Å². The fourth-order valence-corrected chi connectivity index (χ4v) is 3.67. The van der Waals surface area contributed by atoms with Gasteiger partial charge < -0.3 is 29.9 Å². The molecule has 1 aliphatic heterocycles. The number of amides is 1. The Morgan fingerprint density at radius 2 is 2.00 bits per heavy atom. The summed E-state index contributed by atoms with van der Waals surface area (Å²) < 4.78 is 11.2. The van der Waals surface area contributed by atoms with E-state index in [9.17, 15) is 9.90 Å². The van der Waals surface area contributed by atoms with Gasteiger partial charge >= 0.3 is 0 Å². The lowest BCUT2D eigenvalue weighted by Crippen LogP contribution is -2.43. The van der Waals surface area contributed by atoms with Crippen LogP contribution >= 0.6 is 0 Å². The van der Waals surface area contributed by atoms with Gasteiger partial charge in [0.15, 0.2) is 11.6 Å². The molecule has 0 aliphatic carbocycles. The van der Waals surface area contributed by atoms with Crippen molar-refractivity contribution in [3.63, 3.8) is 0 Å². The van der Waals surface area contributed by atoms with Gasteiger partial charge in [0.05, 0.1) is 17.9 Å². The second-order valence-electron chi connectivity index (χ2n) is 7.31. The highest BCUT2D eigenvalue weighted by Crippen LogP contribution is 2.41. The molecule has 0 atom stereocenters. The fourth-order valence-electron chi connectivity index (χ4n) is 3.67. The van der Waals surface area contributed by atoms with Crippen LogP contribution < -0.4 is 20.3 Å². The number of nitrogens with zero attached hydrogens (tertiary/aromatic N) is 2. The lowest BCUT2D eigenvalue weighted by Gasteiger charge is -2.26. The number of nitrogens with one attached hydrogen (secondary N) is 2. The predicted molar refractivity (Wildman–Crippen MR) is 120 cm³/mol. The molecular weight excluding hydrogens is 396 g/mol. The molecule has 8 heteroatoms. The maximum Gasteiger partial charge on any atom is 0.221 e. The minimum Gasteiger partial charge on any atom is -0.507 e. The van der Waals surface area contributed by atoms with Crippen LogP contribution in [0, 0.1) is 0 Å². The van der Waals surface area contributed by atoms with E-state index in [4.69, 9.17) is 9.26 Å². The summed E-state index contributed by atoms with van der Waals surface area (Å²) in [6.45, 7) is 7.30. The third-order valence-corrected chi connectivity index (χ3v) is 5.14. The molecule has 2 heterocycles. The summed E-state index contributed by atoms with van der Waals surface area (Å²) in [6.07, 6.45) is 0. The molecule has 3 N–H and O–H groups in total. The Labute approximate surface area is 180 Å². The normalized spacial score (nSPS) is 13.8. The van der Waals surface area contributed by atoms with Gasteiger partial charge in [0.25, 0.3) is 0 Å². The van der Waals surface area contributed by atoms with Crippen molar-refractivity contribution in [2.45, 2.75) is 13.8 Å². The van der Waals surface area contributed by atoms with Crippen molar-refractivity contribution >= 4 is 17.4 Å². The number of aromatic nitrogens is 1. The first-order valence-electron chi connectivity index (χ1n) is 10.4. The van der Waals surface area contributed by atoms with E-state index in [1.54, 1.807) is 18.2 Å². The van der Waals surface area contributed by atoms with Crippen LogP contribution in [-0.2, 0) is 4.79 Å². The van der Waals surface area contributed by atoms with Crippen LogP contribution in [0.5, 0.6) is 11.5 Å². The second kappa shape index (κ2) is 9.09. The number of hydrogen-bond acceptors (Lipinski definition) is 7. The van der Waals surface area contributed by atoms with Gasteiger partial charge in [0.2, 0.25) is 5.91 Å². The number of benzene rings is 2. The van der Waals surface area contributed by atoms with Crippen LogP contribution in [0.2, 0.25) is 0 Å². The second-order valence-corrected chi connectivity index (χ2v) is 7.31. The number of phenols is 1. The topological polar surface area (TPSA) is 99.9 Å². The molecule has 1 fully saturated rings. The van der Waals surface area contributed by atoms with E-state index in [0.29, 0.717) is 34.9 Å². The highest BCUT2D eigenvalue weighted by atomic mass is 16.5. The number of piperazine rings is 1. The Morgan fingerprint density at radius 3 is 2.74 bits per heavy atom. The molecule has 8 nitrogen and oxygen atoms in total. The first kappa shape index (κ1) is 20.7. The SMILES string of the molecule is CCOc1cc(-c2cccc(-c3cc(N4CCNCC4)no3)c2O)ccc1NC(C)=O. The molecule has 1 amide bonds. The largest absolute Gasteiger partial charge is 0.507 e. The number of carbonyl (C=O) groups is 1. The molecule has 1 aromatic heterocycles. The summed E-state index contributed by atoms with van der Waals surface area (Å²) in [7, 11) is 0. The van der Waals surface area contributed by atoms with Crippen molar-refractivity contribution in [2.24, 2.45) is 0 Å². The molecule has 0 bridgehead atoms. The third-order valence-electron chi connectivity index (χ3n) is 5.14. The number of phenolic OH excluding ortho intramolecular Hbond substituents is 1. The van der Waals surface area contributed by atoms with Gasteiger partial charge in [-0.2, -0.15) is 0 Å². The fraction of sp³-hybridized carbons (Fsp3) is 0.304. The Bertz CT molecular complexity index is 1070. The van der Waals surface area contributed by atoms with Gasteiger partial charge in [0.1, 0.15) is 11.5 Å². The Morgan fingerprint density at radius 1 is 1.23 bits per heavy atom. The standard InChI is InChI=1S/C23H26N4O4/c1-3-30-21-13-16(7-8-19(21)25-15(2)28)17-5-4-6-18(23(17)29)20-14-22(26-31-20)27-11-9-24-10-12-27/h4-8,13-14,24,29H,3,9-12H2,1-2H3,(H,25,28). The highest BCUT2D eigenvalue weighted by Gasteiger charge is 2.19. The summed E-state index contributed by atoms with van der Waals surface area (Å²) in [5, 5.41) is 21.3. The minimum absolute atomic E-state index is 0.0974. The Kier molecular flexibility index (Phi) is 6.08. The van der Waals surface area contributed by atoms with Crippen LogP contribution in [0.4, 0.5) is 11.5 Å². The summed E-state index contributed by atoms with van der Waals surface area (Å²) in [5.41, 5.74) is 2.55. The molecule has 0 radical (unpaired) electrons. The maximum atomic E-state index is 11.5. The van der Waals surface area contributed by atoms with E-state index in [-0.39, 0.29) is 11.7 Å². The molecule has 1 aliphatic rings. The Hall–Kier alpha value is -3.52. The third kappa shape index (κ3) is 4.49. The lowest BCUT2D eigenvalue weighted by atomic mass is 9.99. The van der Waals surface area contributed by atoms with Crippen LogP contribution in [0.3, 0.4) is 0 Å². The van der Waals surface area contributed by atoms with Crippen LogP contribution in [-0.4, -0.2) is 49.0 Å². The van der Waals surface area contributed by atoms with E-state index in [1.165, 1.54) is 6.92 Å². The summed E-state index contributed by atoms with van der Waals surface area (Å²) >= 11 is 0. The van der Waals surface area contributed by atoms with Crippen molar-refractivity contribution in [1.29, 1.82) is 0 Å². The van der Waals surface area contributed by atoms with Gasteiger partial charge in [-0.05, 0) is 30.7 Å². The van der Waals surface area contributed by atoms with Gasteiger partial charge in [0, 0.05) is 44.7 Å². The molecule has 0 spiro atoms. The van der Waals surface area contributed by atoms with Crippen LogP contribution in [0.1, 0.15) is 13.8 Å². The maximum absolute atomic E-state index is 11.5. The first-order valence-corrected chi connectivity index (χ1v) is 10.4. The smallest absolute Gasteiger partial charge is 0.221 e. The molecule has 1 saturated heterocycles. The lowest BCUT2D eigenvalue weighted by molar-refractivity contribution is -0.114. The summed E-state index contributed by atoms with van der Waals surface area (Å²) in [5.74, 6) is 1.73. The molecule has 4 rings (SSSR count). The zero-order valence-corrected chi connectivity index (χ0v) is 17.6. The van der Waals surface area contributed by atoms with E-state index in [0.717, 1.165) is 37.6 Å². The van der Waals surface area contributed by atoms with Crippen molar-refractivity contribution < 1.29 is 19.2 Å². The van der Waals surface area contributed by atoms with E-state index in [2.05, 4.69) is 20.7 Å². The number of aromatic hydroxyl groups is 1. The molecular formula is C23H26N4O4. The van der Waals surface area contributed by atoms with E-state index < -0.39 is 0 Å². The van der Waals surface area contributed by atoms with Crippen molar-refractivity contribution in [3.8, 4) is 33.9 Å². The Balaban J connectivity index is 1.67. The number of ether oxygens (including phenoxy) is 1.